The maximum absolute atomic E-state index is 13.5. The highest BCUT2D eigenvalue weighted by Crippen LogP contribution is 2.27. The number of halogens is 1. The molecule has 0 atom stereocenters. The maximum Gasteiger partial charge on any atom is 0.158 e. The number of aryl methyl sites for hydroxylation is 2. The van der Waals surface area contributed by atoms with Gasteiger partial charge < -0.3 is 5.32 Å². The Hall–Kier alpha value is -3.74. The Balaban J connectivity index is 1.47. The molecule has 0 aliphatic rings. The van der Waals surface area contributed by atoms with Gasteiger partial charge in [0.1, 0.15) is 17.7 Å². The van der Waals surface area contributed by atoms with Crippen LogP contribution in [0.5, 0.6) is 0 Å². The summed E-state index contributed by atoms with van der Waals surface area (Å²) in [4.78, 5) is 4.46. The Labute approximate surface area is 173 Å². The molecule has 3 aromatic heterocycles. The van der Waals surface area contributed by atoms with Gasteiger partial charge in [0.2, 0.25) is 0 Å². The van der Waals surface area contributed by atoms with Gasteiger partial charge in [0.05, 0.1) is 18.3 Å². The average Bonchev–Trinajstić information content (AvgIpc) is 3.29. The van der Waals surface area contributed by atoms with Crippen LogP contribution in [0.25, 0.3) is 16.4 Å². The van der Waals surface area contributed by atoms with Gasteiger partial charge in [-0.1, -0.05) is 19.1 Å². The Morgan fingerprint density at radius 2 is 2.00 bits per heavy atom. The molecule has 0 aliphatic carbocycles. The molecule has 0 bridgehead atoms. The first kappa shape index (κ1) is 18.3. The van der Waals surface area contributed by atoms with E-state index in [1.54, 1.807) is 12.4 Å². The number of benzene rings is 2. The molecule has 0 saturated carbocycles. The minimum absolute atomic E-state index is 0.237. The molecule has 0 spiro atoms. The van der Waals surface area contributed by atoms with E-state index < -0.39 is 0 Å². The lowest BCUT2D eigenvalue weighted by Crippen LogP contribution is -2.02. The summed E-state index contributed by atoms with van der Waals surface area (Å²) >= 11 is 0. The molecule has 7 heteroatoms. The van der Waals surface area contributed by atoms with Crippen molar-refractivity contribution >= 4 is 27.9 Å². The van der Waals surface area contributed by atoms with Crippen molar-refractivity contribution in [2.75, 3.05) is 5.32 Å². The topological polar surface area (TPSA) is 60.0 Å². The molecule has 3 heterocycles. The van der Waals surface area contributed by atoms with Gasteiger partial charge in [0.25, 0.3) is 0 Å². The van der Waals surface area contributed by atoms with E-state index in [0.717, 1.165) is 39.9 Å². The van der Waals surface area contributed by atoms with E-state index in [9.17, 15) is 4.39 Å². The van der Waals surface area contributed by atoms with Crippen molar-refractivity contribution < 1.29 is 4.39 Å². The average molecular weight is 400 g/mol. The van der Waals surface area contributed by atoms with Crippen molar-refractivity contribution in [1.82, 2.24) is 24.4 Å². The summed E-state index contributed by atoms with van der Waals surface area (Å²) in [6.07, 6.45) is 6.39. The number of rotatable bonds is 5. The van der Waals surface area contributed by atoms with Crippen molar-refractivity contribution in [3.8, 4) is 0 Å². The van der Waals surface area contributed by atoms with Gasteiger partial charge in [-0.25, -0.2) is 13.9 Å². The van der Waals surface area contributed by atoms with Gasteiger partial charge in [0, 0.05) is 17.3 Å². The number of nitrogens with zero attached hydrogens (tertiary/aromatic N) is 5. The van der Waals surface area contributed by atoms with Gasteiger partial charge in [-0.2, -0.15) is 10.2 Å². The van der Waals surface area contributed by atoms with Gasteiger partial charge in [-0.3, -0.25) is 4.68 Å². The van der Waals surface area contributed by atoms with Gasteiger partial charge in [-0.15, -0.1) is 0 Å². The smallest absolute Gasteiger partial charge is 0.158 e. The van der Waals surface area contributed by atoms with Crippen molar-refractivity contribution in [2.24, 2.45) is 0 Å². The number of aromatic nitrogens is 5. The van der Waals surface area contributed by atoms with Gasteiger partial charge in [0.15, 0.2) is 5.82 Å². The first-order chi connectivity index (χ1) is 14.6. The molecule has 150 valence electrons. The summed E-state index contributed by atoms with van der Waals surface area (Å²) in [7, 11) is 0. The van der Waals surface area contributed by atoms with Crippen molar-refractivity contribution in [3.05, 3.63) is 83.7 Å². The largest absolute Gasteiger partial charge is 0.338 e. The van der Waals surface area contributed by atoms with Gasteiger partial charge in [-0.05, 0) is 60.4 Å². The lowest BCUT2D eigenvalue weighted by molar-refractivity contribution is 0.621. The van der Waals surface area contributed by atoms with Crippen molar-refractivity contribution in [2.45, 2.75) is 26.8 Å². The van der Waals surface area contributed by atoms with Crippen LogP contribution in [-0.2, 0) is 13.0 Å². The summed E-state index contributed by atoms with van der Waals surface area (Å²) in [5, 5.41) is 13.2. The molecule has 5 rings (SSSR count). The van der Waals surface area contributed by atoms with Crippen LogP contribution in [0.4, 0.5) is 15.9 Å². The second-order valence-corrected chi connectivity index (χ2v) is 7.37. The quantitative estimate of drug-likeness (QED) is 0.457. The van der Waals surface area contributed by atoms with Crippen LogP contribution in [0.3, 0.4) is 0 Å². The molecule has 2 aromatic carbocycles. The Kier molecular flexibility index (Phi) is 4.43. The summed E-state index contributed by atoms with van der Waals surface area (Å²) < 4.78 is 17.2. The SMILES string of the molecule is CCc1cn2ncnc(Nc3ccc4c(cnn4Cc4cccc(F)c4)c3)c2c1C. The van der Waals surface area contributed by atoms with Crippen LogP contribution in [0, 0.1) is 12.7 Å². The molecule has 30 heavy (non-hydrogen) atoms. The molecule has 5 aromatic rings. The number of hydrogen-bond acceptors (Lipinski definition) is 4. The number of fused-ring (bicyclic) bond motifs is 2. The molecule has 0 saturated heterocycles. The predicted octanol–water partition coefficient (Wildman–Crippen LogP) is 4.88. The zero-order chi connectivity index (χ0) is 20.7. The van der Waals surface area contributed by atoms with E-state index in [0.29, 0.717) is 6.54 Å². The van der Waals surface area contributed by atoms with Crippen molar-refractivity contribution in [1.29, 1.82) is 0 Å². The molecule has 0 unspecified atom stereocenters. The third-order valence-electron chi connectivity index (χ3n) is 5.44. The van der Waals surface area contributed by atoms with E-state index in [1.807, 2.05) is 39.7 Å². The van der Waals surface area contributed by atoms with E-state index in [-0.39, 0.29) is 5.82 Å². The summed E-state index contributed by atoms with van der Waals surface area (Å²) in [6, 6.07) is 12.7. The van der Waals surface area contributed by atoms with E-state index in [2.05, 4.69) is 40.5 Å². The molecular formula is C23H21FN6. The zero-order valence-corrected chi connectivity index (χ0v) is 16.8. The highest BCUT2D eigenvalue weighted by molar-refractivity contribution is 5.85. The highest BCUT2D eigenvalue weighted by Gasteiger charge is 2.12. The van der Waals surface area contributed by atoms with E-state index in [1.165, 1.54) is 23.3 Å². The van der Waals surface area contributed by atoms with Crippen LogP contribution in [0.2, 0.25) is 0 Å². The third-order valence-corrected chi connectivity index (χ3v) is 5.44. The monoisotopic (exact) mass is 400 g/mol. The molecular weight excluding hydrogens is 379 g/mol. The normalized spacial score (nSPS) is 11.4. The Morgan fingerprint density at radius 1 is 1.10 bits per heavy atom. The van der Waals surface area contributed by atoms with Gasteiger partial charge >= 0.3 is 0 Å². The first-order valence-corrected chi connectivity index (χ1v) is 9.91. The third kappa shape index (κ3) is 3.18. The minimum Gasteiger partial charge on any atom is -0.338 e. The molecule has 1 N–H and O–H groups in total. The molecule has 0 aliphatic heterocycles. The number of anilines is 2. The highest BCUT2D eigenvalue weighted by atomic mass is 19.1. The lowest BCUT2D eigenvalue weighted by Gasteiger charge is -2.09. The van der Waals surface area contributed by atoms with Crippen LogP contribution in [-0.4, -0.2) is 24.4 Å². The molecule has 0 amide bonds. The second kappa shape index (κ2) is 7.26. The molecule has 0 fully saturated rings. The maximum atomic E-state index is 13.5. The standard InChI is InChI=1S/C23H21FN6/c1-3-17-13-30-22(15(17)2)23(25-14-27-30)28-20-7-8-21-18(10-20)11-26-29(21)12-16-5-4-6-19(24)9-16/h4-11,13-14H,3,12H2,1-2H3,(H,25,27,28). The van der Waals surface area contributed by atoms with Crippen LogP contribution >= 0.6 is 0 Å². The molecule has 0 radical (unpaired) electrons. The lowest BCUT2D eigenvalue weighted by atomic mass is 10.1. The van der Waals surface area contributed by atoms with Crippen molar-refractivity contribution in [3.63, 3.8) is 0 Å². The predicted molar refractivity (Wildman–Crippen MR) is 116 cm³/mol. The number of nitrogens with one attached hydrogen (secondary N) is 1. The second-order valence-electron chi connectivity index (χ2n) is 7.37. The summed E-state index contributed by atoms with van der Waals surface area (Å²) in [6.45, 7) is 4.75. The minimum atomic E-state index is -0.237. The van der Waals surface area contributed by atoms with Crippen LogP contribution in [0.1, 0.15) is 23.6 Å². The summed E-state index contributed by atoms with van der Waals surface area (Å²) in [5.41, 5.74) is 6.21. The Morgan fingerprint density at radius 3 is 2.83 bits per heavy atom. The van der Waals surface area contributed by atoms with Crippen LogP contribution < -0.4 is 5.32 Å². The van der Waals surface area contributed by atoms with Crippen LogP contribution in [0.15, 0.2) is 61.2 Å². The zero-order valence-electron chi connectivity index (χ0n) is 16.8. The Bertz CT molecular complexity index is 1370. The van der Waals surface area contributed by atoms with E-state index in [4.69, 9.17) is 0 Å². The van der Waals surface area contributed by atoms with E-state index >= 15 is 0 Å². The fourth-order valence-corrected chi connectivity index (χ4v) is 3.89. The summed E-state index contributed by atoms with van der Waals surface area (Å²) in [5.74, 6) is 0.534. The molecule has 6 nitrogen and oxygen atoms in total. The first-order valence-electron chi connectivity index (χ1n) is 9.91. The number of hydrogen-bond donors (Lipinski definition) is 1. The fraction of sp³-hybridized carbons (Fsp3) is 0.174. The fourth-order valence-electron chi connectivity index (χ4n) is 3.89.